The van der Waals surface area contributed by atoms with Gasteiger partial charge < -0.3 is 19.5 Å². The predicted molar refractivity (Wildman–Crippen MR) is 82.3 cm³/mol. The quantitative estimate of drug-likeness (QED) is 0.889. The van der Waals surface area contributed by atoms with Crippen molar-refractivity contribution in [3.8, 4) is 0 Å². The normalized spacial score (nSPS) is 28.1. The standard InChI is InChI=1S/C15H22N4O4/c1-22-9-12-7-15(3-6-18(11-23-15)14(20)21)10-19(8-12)13-16-4-2-5-17-13/h2,4-5,12H,3,6-11H2,1H3,(H,20,21). The number of hydrogen-bond acceptors (Lipinski definition) is 6. The maximum atomic E-state index is 11.1. The molecule has 1 spiro atoms. The minimum Gasteiger partial charge on any atom is -0.465 e. The van der Waals surface area contributed by atoms with Crippen LogP contribution in [0.4, 0.5) is 10.7 Å². The van der Waals surface area contributed by atoms with Crippen molar-refractivity contribution in [3.05, 3.63) is 18.5 Å². The zero-order chi connectivity index (χ0) is 16.3. The summed E-state index contributed by atoms with van der Waals surface area (Å²) in [5.74, 6) is 0.978. The van der Waals surface area contributed by atoms with Gasteiger partial charge in [0, 0.05) is 38.5 Å². The van der Waals surface area contributed by atoms with Gasteiger partial charge in [-0.3, -0.25) is 4.90 Å². The number of nitrogens with zero attached hydrogens (tertiary/aromatic N) is 4. The fraction of sp³-hybridized carbons (Fsp3) is 0.667. The maximum Gasteiger partial charge on any atom is 0.409 e. The van der Waals surface area contributed by atoms with Crippen LogP contribution in [0.3, 0.4) is 0 Å². The Balaban J connectivity index is 1.76. The van der Waals surface area contributed by atoms with Gasteiger partial charge >= 0.3 is 6.09 Å². The van der Waals surface area contributed by atoms with Gasteiger partial charge in [0.15, 0.2) is 0 Å². The molecule has 2 aliphatic rings. The second-order valence-electron chi connectivity index (χ2n) is 6.21. The molecule has 23 heavy (non-hydrogen) atoms. The SMILES string of the molecule is COCC1CN(c2ncccn2)CC2(CCN(C(=O)O)CO2)C1. The Labute approximate surface area is 135 Å². The van der Waals surface area contributed by atoms with E-state index in [-0.39, 0.29) is 12.3 Å². The molecule has 2 fully saturated rings. The topological polar surface area (TPSA) is 88.0 Å². The molecule has 1 aromatic rings. The molecule has 2 unspecified atom stereocenters. The lowest BCUT2D eigenvalue weighted by Gasteiger charge is -2.49. The van der Waals surface area contributed by atoms with E-state index in [2.05, 4.69) is 14.9 Å². The summed E-state index contributed by atoms with van der Waals surface area (Å²) in [6.07, 6.45) is 4.04. The number of piperidine rings is 1. The molecule has 2 saturated heterocycles. The molecule has 0 bridgehead atoms. The van der Waals surface area contributed by atoms with Crippen molar-refractivity contribution < 1.29 is 19.4 Å². The Morgan fingerprint density at radius 2 is 2.30 bits per heavy atom. The first-order chi connectivity index (χ1) is 11.1. The molecule has 1 aromatic heterocycles. The molecule has 2 aliphatic heterocycles. The van der Waals surface area contributed by atoms with Crippen LogP contribution in [0.5, 0.6) is 0 Å². The molecule has 1 amide bonds. The summed E-state index contributed by atoms with van der Waals surface area (Å²) in [5.41, 5.74) is -0.368. The second kappa shape index (κ2) is 6.67. The number of hydrogen-bond donors (Lipinski definition) is 1. The number of rotatable bonds is 3. The summed E-state index contributed by atoms with van der Waals surface area (Å²) in [6.45, 7) is 2.71. The van der Waals surface area contributed by atoms with Crippen LogP contribution < -0.4 is 4.90 Å². The van der Waals surface area contributed by atoms with Crippen molar-refractivity contribution in [1.82, 2.24) is 14.9 Å². The van der Waals surface area contributed by atoms with E-state index in [1.54, 1.807) is 25.6 Å². The smallest absolute Gasteiger partial charge is 0.409 e. The van der Waals surface area contributed by atoms with E-state index in [0.717, 1.165) is 13.0 Å². The monoisotopic (exact) mass is 322 g/mol. The van der Waals surface area contributed by atoms with E-state index >= 15 is 0 Å². The van der Waals surface area contributed by atoms with Gasteiger partial charge in [0.05, 0.1) is 18.8 Å². The highest BCUT2D eigenvalue weighted by atomic mass is 16.5. The van der Waals surface area contributed by atoms with Crippen LogP contribution >= 0.6 is 0 Å². The van der Waals surface area contributed by atoms with E-state index in [4.69, 9.17) is 14.6 Å². The molecule has 2 atom stereocenters. The number of carboxylic acid groups (broad SMARTS) is 1. The summed E-state index contributed by atoms with van der Waals surface area (Å²) in [7, 11) is 1.69. The third kappa shape index (κ3) is 3.53. The Hall–Kier alpha value is -1.93. The number of amides is 1. The van der Waals surface area contributed by atoms with Crippen molar-refractivity contribution in [2.75, 3.05) is 45.0 Å². The fourth-order valence-electron chi connectivity index (χ4n) is 3.46. The Bertz CT molecular complexity index is 534. The molecular weight excluding hydrogens is 300 g/mol. The number of carbonyl (C=O) groups is 1. The van der Waals surface area contributed by atoms with Crippen LogP contribution in [0, 0.1) is 5.92 Å². The lowest BCUT2D eigenvalue weighted by molar-refractivity contribution is -0.142. The van der Waals surface area contributed by atoms with Crippen molar-refractivity contribution in [3.63, 3.8) is 0 Å². The summed E-state index contributed by atoms with van der Waals surface area (Å²) in [4.78, 5) is 23.2. The summed E-state index contributed by atoms with van der Waals surface area (Å²) in [5, 5.41) is 9.09. The first-order valence-electron chi connectivity index (χ1n) is 7.75. The van der Waals surface area contributed by atoms with Gasteiger partial charge in [0.2, 0.25) is 5.95 Å². The van der Waals surface area contributed by atoms with Gasteiger partial charge in [0.25, 0.3) is 0 Å². The van der Waals surface area contributed by atoms with Crippen molar-refractivity contribution >= 4 is 12.0 Å². The highest BCUT2D eigenvalue weighted by Crippen LogP contribution is 2.35. The number of aromatic nitrogens is 2. The van der Waals surface area contributed by atoms with Crippen molar-refractivity contribution in [2.45, 2.75) is 18.4 Å². The van der Waals surface area contributed by atoms with Crippen molar-refractivity contribution in [1.29, 1.82) is 0 Å². The van der Waals surface area contributed by atoms with E-state index in [9.17, 15) is 4.79 Å². The average molecular weight is 322 g/mol. The first-order valence-corrected chi connectivity index (χ1v) is 7.75. The Kier molecular flexibility index (Phi) is 4.63. The Morgan fingerprint density at radius 3 is 2.91 bits per heavy atom. The lowest BCUT2D eigenvalue weighted by atomic mass is 9.82. The number of ether oxygens (including phenoxy) is 2. The lowest BCUT2D eigenvalue weighted by Crippen LogP contribution is -2.59. The maximum absolute atomic E-state index is 11.1. The highest BCUT2D eigenvalue weighted by molar-refractivity contribution is 5.64. The molecular formula is C15H22N4O4. The van der Waals surface area contributed by atoms with E-state index in [1.165, 1.54) is 4.90 Å². The third-order valence-electron chi connectivity index (χ3n) is 4.49. The zero-order valence-corrected chi connectivity index (χ0v) is 13.2. The zero-order valence-electron chi connectivity index (χ0n) is 13.2. The van der Waals surface area contributed by atoms with Crippen LogP contribution in [0.2, 0.25) is 0 Å². The molecule has 0 saturated carbocycles. The van der Waals surface area contributed by atoms with E-state index in [1.807, 2.05) is 0 Å². The minimum absolute atomic E-state index is 0.110. The highest BCUT2D eigenvalue weighted by Gasteiger charge is 2.44. The molecule has 3 heterocycles. The molecule has 8 heteroatoms. The molecule has 0 aromatic carbocycles. The molecule has 8 nitrogen and oxygen atoms in total. The molecule has 1 N–H and O–H groups in total. The van der Waals surface area contributed by atoms with Crippen LogP contribution in [-0.2, 0) is 9.47 Å². The van der Waals surface area contributed by atoms with Gasteiger partial charge in [-0.2, -0.15) is 0 Å². The van der Waals surface area contributed by atoms with E-state index in [0.29, 0.717) is 38.0 Å². The molecule has 0 aliphatic carbocycles. The Morgan fingerprint density at radius 1 is 1.52 bits per heavy atom. The average Bonchev–Trinajstić information content (AvgIpc) is 2.56. The first kappa shape index (κ1) is 15.9. The van der Waals surface area contributed by atoms with Crippen LogP contribution in [0.15, 0.2) is 18.5 Å². The molecule has 126 valence electrons. The van der Waals surface area contributed by atoms with Crippen molar-refractivity contribution in [2.24, 2.45) is 5.92 Å². The van der Waals surface area contributed by atoms with Gasteiger partial charge in [-0.05, 0) is 18.9 Å². The summed E-state index contributed by atoms with van der Waals surface area (Å²) < 4.78 is 11.3. The number of methoxy groups -OCH3 is 1. The van der Waals surface area contributed by atoms with Gasteiger partial charge in [-0.25, -0.2) is 14.8 Å². The predicted octanol–water partition coefficient (Wildman–Crippen LogP) is 1.05. The largest absolute Gasteiger partial charge is 0.465 e. The van der Waals surface area contributed by atoms with Gasteiger partial charge in [-0.15, -0.1) is 0 Å². The summed E-state index contributed by atoms with van der Waals surface area (Å²) >= 11 is 0. The van der Waals surface area contributed by atoms with Gasteiger partial charge in [0.1, 0.15) is 6.73 Å². The van der Waals surface area contributed by atoms with Crippen LogP contribution in [-0.4, -0.2) is 71.8 Å². The minimum atomic E-state index is -0.938. The summed E-state index contributed by atoms with van der Waals surface area (Å²) in [6, 6.07) is 1.79. The molecule has 0 radical (unpaired) electrons. The third-order valence-corrected chi connectivity index (χ3v) is 4.49. The van der Waals surface area contributed by atoms with Crippen LogP contribution in [0.25, 0.3) is 0 Å². The molecule has 3 rings (SSSR count). The fourth-order valence-corrected chi connectivity index (χ4v) is 3.46. The van der Waals surface area contributed by atoms with Gasteiger partial charge in [-0.1, -0.05) is 0 Å². The van der Waals surface area contributed by atoms with E-state index < -0.39 is 6.09 Å². The van der Waals surface area contributed by atoms with Crippen LogP contribution in [0.1, 0.15) is 12.8 Å². The number of anilines is 1. The second-order valence-corrected chi connectivity index (χ2v) is 6.21.